The van der Waals surface area contributed by atoms with Gasteiger partial charge >= 0.3 is 0 Å². The summed E-state index contributed by atoms with van der Waals surface area (Å²) in [6, 6.07) is 76.2. The smallest absolute Gasteiger partial charge is 0.0645 e. The molecule has 0 spiro atoms. The molecular weight excluding hydrogens is 735 g/mol. The molecule has 61 heavy (non-hydrogen) atoms. The number of anilines is 3. The molecule has 11 aromatic carbocycles. The standard InChI is InChI=1S/C60H41N/c1-3-12-42(13-4-1)49-18-11-19-50(40-49)43-24-32-53(33-25-43)61(54-34-26-44(27-35-54)51-31-38-57-52(41-51)23-22-45-14-7-9-20-56(45)57)55-36-28-47(29-37-55)59-39-30-46-15-8-10-21-58(46)60(59)48-16-5-2-6-17-48/h1-41H/i24D,25D,32D,33D. The Morgan fingerprint density at radius 3 is 1.44 bits per heavy atom. The molecule has 0 radical (unpaired) electrons. The molecule has 286 valence electrons. The summed E-state index contributed by atoms with van der Waals surface area (Å²) in [4.78, 5) is 1.86. The third-order valence-electron chi connectivity index (χ3n) is 11.7. The Hall–Kier alpha value is -8.00. The second-order valence-corrected chi connectivity index (χ2v) is 15.4. The van der Waals surface area contributed by atoms with Gasteiger partial charge in [-0.05, 0) is 136 Å². The fraction of sp³-hybridized carbons (Fsp3) is 0. The summed E-state index contributed by atoms with van der Waals surface area (Å²) in [5, 5.41) is 7.13. The van der Waals surface area contributed by atoms with Crippen LogP contribution >= 0.6 is 0 Å². The highest BCUT2D eigenvalue weighted by Gasteiger charge is 2.16. The molecule has 0 aromatic heterocycles. The van der Waals surface area contributed by atoms with E-state index in [2.05, 4.69) is 140 Å². The highest BCUT2D eigenvalue weighted by Crippen LogP contribution is 2.42. The molecule has 0 N–H and O–H groups in total. The summed E-state index contributed by atoms with van der Waals surface area (Å²) in [7, 11) is 0. The first-order valence-corrected chi connectivity index (χ1v) is 20.7. The van der Waals surface area contributed by atoms with Gasteiger partial charge in [-0.25, -0.2) is 0 Å². The van der Waals surface area contributed by atoms with Crippen molar-refractivity contribution in [3.8, 4) is 55.6 Å². The molecule has 0 aliphatic carbocycles. The van der Waals surface area contributed by atoms with Crippen molar-refractivity contribution in [2.24, 2.45) is 0 Å². The molecule has 1 heteroatoms. The Labute approximate surface area is 362 Å². The SMILES string of the molecule is [2H]c1c([2H])c(N(c2ccc(-c3ccc4c(ccc5ccccc54)c3)cc2)c2ccc(-c3ccc4ccccc4c3-c3ccccc3)cc2)c([2H])c([2H])c1-c1cccc(-c2ccccc2)c1. The zero-order valence-corrected chi connectivity index (χ0v) is 33.3. The van der Waals surface area contributed by atoms with E-state index in [4.69, 9.17) is 0 Å². The number of fused-ring (bicyclic) bond motifs is 4. The minimum atomic E-state index is -0.123. The van der Waals surface area contributed by atoms with Crippen molar-refractivity contribution in [1.82, 2.24) is 0 Å². The maximum absolute atomic E-state index is 9.63. The maximum atomic E-state index is 9.63. The second kappa shape index (κ2) is 15.6. The molecular formula is C60H41N. The van der Waals surface area contributed by atoms with Crippen LogP contribution in [0, 0.1) is 0 Å². The van der Waals surface area contributed by atoms with Crippen LogP contribution in [-0.4, -0.2) is 0 Å². The zero-order valence-electron chi connectivity index (χ0n) is 37.3. The Morgan fingerprint density at radius 2 is 0.738 bits per heavy atom. The molecule has 0 heterocycles. The quantitative estimate of drug-likeness (QED) is 0.139. The molecule has 0 atom stereocenters. The summed E-state index contributed by atoms with van der Waals surface area (Å²) < 4.78 is 38.2. The molecule has 0 amide bonds. The van der Waals surface area contributed by atoms with Gasteiger partial charge in [0.2, 0.25) is 0 Å². The molecule has 0 unspecified atom stereocenters. The van der Waals surface area contributed by atoms with Crippen LogP contribution in [-0.2, 0) is 0 Å². The number of nitrogens with zero attached hydrogens (tertiary/aromatic N) is 1. The van der Waals surface area contributed by atoms with Crippen LogP contribution in [0.1, 0.15) is 5.48 Å². The van der Waals surface area contributed by atoms with Gasteiger partial charge in [-0.15, -0.1) is 0 Å². The Bertz CT molecular complexity index is 3540. The van der Waals surface area contributed by atoms with Crippen LogP contribution in [0.2, 0.25) is 0 Å². The van der Waals surface area contributed by atoms with Crippen LogP contribution in [0.15, 0.2) is 249 Å². The van der Waals surface area contributed by atoms with E-state index in [-0.39, 0.29) is 35.4 Å². The van der Waals surface area contributed by atoms with Crippen molar-refractivity contribution in [3.05, 3.63) is 249 Å². The van der Waals surface area contributed by atoms with Gasteiger partial charge in [0.1, 0.15) is 0 Å². The maximum Gasteiger partial charge on any atom is 0.0645 e. The van der Waals surface area contributed by atoms with Gasteiger partial charge < -0.3 is 4.90 Å². The van der Waals surface area contributed by atoms with Crippen LogP contribution in [0.4, 0.5) is 17.1 Å². The summed E-state index contributed by atoms with van der Waals surface area (Å²) in [5.74, 6) is 0. The van der Waals surface area contributed by atoms with Crippen molar-refractivity contribution in [2.75, 3.05) is 4.90 Å². The lowest BCUT2D eigenvalue weighted by molar-refractivity contribution is 1.28. The topological polar surface area (TPSA) is 3.24 Å². The molecule has 0 fully saturated rings. The van der Waals surface area contributed by atoms with E-state index in [1.165, 1.54) is 21.5 Å². The number of rotatable bonds is 8. The lowest BCUT2D eigenvalue weighted by Crippen LogP contribution is -2.09. The van der Waals surface area contributed by atoms with E-state index >= 15 is 0 Å². The van der Waals surface area contributed by atoms with Gasteiger partial charge in [-0.1, -0.05) is 200 Å². The molecule has 1 nitrogen and oxygen atoms in total. The highest BCUT2D eigenvalue weighted by atomic mass is 15.1. The van der Waals surface area contributed by atoms with E-state index in [0.717, 1.165) is 55.3 Å². The predicted molar refractivity (Wildman–Crippen MR) is 261 cm³/mol. The average molecular weight is 780 g/mol. The first-order chi connectivity index (χ1) is 31.9. The fourth-order valence-electron chi connectivity index (χ4n) is 8.67. The lowest BCUT2D eigenvalue weighted by atomic mass is 9.90. The third-order valence-corrected chi connectivity index (χ3v) is 11.7. The van der Waals surface area contributed by atoms with E-state index in [9.17, 15) is 5.48 Å². The van der Waals surface area contributed by atoms with Crippen molar-refractivity contribution >= 4 is 49.4 Å². The Morgan fingerprint density at radius 1 is 0.262 bits per heavy atom. The first kappa shape index (κ1) is 31.9. The largest absolute Gasteiger partial charge is 0.311 e. The summed E-state index contributed by atoms with van der Waals surface area (Å²) in [6.07, 6.45) is 0. The normalized spacial score (nSPS) is 12.2. The van der Waals surface area contributed by atoms with E-state index < -0.39 is 0 Å². The van der Waals surface area contributed by atoms with E-state index in [1.807, 2.05) is 89.8 Å². The monoisotopic (exact) mass is 779 g/mol. The van der Waals surface area contributed by atoms with Crippen LogP contribution in [0.3, 0.4) is 0 Å². The molecule has 0 aliphatic rings. The van der Waals surface area contributed by atoms with Crippen molar-refractivity contribution < 1.29 is 5.48 Å². The zero-order chi connectivity index (χ0) is 44.0. The average Bonchev–Trinajstić information content (AvgIpc) is 3.37. The first-order valence-electron chi connectivity index (χ1n) is 22.7. The van der Waals surface area contributed by atoms with Crippen LogP contribution in [0.5, 0.6) is 0 Å². The van der Waals surface area contributed by atoms with Gasteiger partial charge in [0.05, 0.1) is 5.48 Å². The van der Waals surface area contributed by atoms with E-state index in [1.54, 1.807) is 0 Å². The Kier molecular flexibility index (Phi) is 8.18. The Balaban J connectivity index is 1.04. The fourth-order valence-corrected chi connectivity index (χ4v) is 8.67. The van der Waals surface area contributed by atoms with Crippen LogP contribution in [0.25, 0.3) is 88.0 Å². The van der Waals surface area contributed by atoms with E-state index in [0.29, 0.717) is 16.9 Å². The van der Waals surface area contributed by atoms with Gasteiger partial charge in [0.15, 0.2) is 0 Å². The lowest BCUT2D eigenvalue weighted by Gasteiger charge is -2.26. The molecule has 0 saturated heterocycles. The van der Waals surface area contributed by atoms with Gasteiger partial charge in [-0.3, -0.25) is 0 Å². The predicted octanol–water partition coefficient (Wildman–Crippen LogP) is 17.0. The summed E-state index contributed by atoms with van der Waals surface area (Å²) >= 11 is 0. The van der Waals surface area contributed by atoms with Gasteiger partial charge in [0, 0.05) is 17.1 Å². The van der Waals surface area contributed by atoms with Gasteiger partial charge in [0.25, 0.3) is 0 Å². The van der Waals surface area contributed by atoms with Crippen molar-refractivity contribution in [1.29, 1.82) is 0 Å². The third kappa shape index (κ3) is 6.93. The molecule has 11 aromatic rings. The van der Waals surface area contributed by atoms with Crippen molar-refractivity contribution in [3.63, 3.8) is 0 Å². The molecule has 0 saturated carbocycles. The van der Waals surface area contributed by atoms with Gasteiger partial charge in [-0.2, -0.15) is 0 Å². The minimum Gasteiger partial charge on any atom is -0.311 e. The van der Waals surface area contributed by atoms with Crippen molar-refractivity contribution in [2.45, 2.75) is 0 Å². The summed E-state index contributed by atoms with van der Waals surface area (Å²) in [6.45, 7) is 0. The number of benzene rings is 11. The summed E-state index contributed by atoms with van der Waals surface area (Å²) in [5.41, 5.74) is 10.9. The minimum absolute atomic E-state index is 0.100. The molecule has 0 aliphatic heterocycles. The molecule has 0 bridgehead atoms. The molecule has 11 rings (SSSR count). The second-order valence-electron chi connectivity index (χ2n) is 15.4. The number of hydrogen-bond acceptors (Lipinski definition) is 1. The number of hydrogen-bond donors (Lipinski definition) is 0. The highest BCUT2D eigenvalue weighted by molar-refractivity contribution is 6.08. The van der Waals surface area contributed by atoms with Crippen LogP contribution < -0.4 is 4.90 Å².